The molecule has 1 heterocycles. The Morgan fingerprint density at radius 3 is 2.28 bits per heavy atom. The lowest BCUT2D eigenvalue weighted by Gasteiger charge is -2.30. The number of rotatable bonds is 11. The Hall–Kier alpha value is -4.11. The maximum absolute atomic E-state index is 13.4. The van der Waals surface area contributed by atoms with Crippen molar-refractivity contribution in [2.24, 2.45) is 4.99 Å². The van der Waals surface area contributed by atoms with E-state index in [1.807, 2.05) is 47.8 Å². The molecule has 1 amide bonds. The number of hydrogen-bond donors (Lipinski definition) is 2. The average Bonchev–Trinajstić information content (AvgIpc) is 3.33. The van der Waals surface area contributed by atoms with Gasteiger partial charge in [-0.3, -0.25) is 4.79 Å². The van der Waals surface area contributed by atoms with E-state index >= 15 is 0 Å². The Morgan fingerprint density at radius 2 is 1.67 bits per heavy atom. The van der Waals surface area contributed by atoms with Gasteiger partial charge in [0, 0.05) is 25.0 Å². The molecule has 2 N–H and O–H groups in total. The van der Waals surface area contributed by atoms with Crippen molar-refractivity contribution in [2.75, 3.05) is 19.8 Å². The molecule has 0 fully saturated rings. The molecule has 0 aliphatic carbocycles. The van der Waals surface area contributed by atoms with E-state index < -0.39 is 30.3 Å². The highest BCUT2D eigenvalue weighted by Crippen LogP contribution is 2.43. The highest BCUT2D eigenvalue weighted by Gasteiger charge is 2.53. The fraction of sp³-hybridized carbons (Fsp3) is 0.267. The van der Waals surface area contributed by atoms with Crippen molar-refractivity contribution in [3.8, 4) is 16.9 Å². The van der Waals surface area contributed by atoms with Crippen molar-refractivity contribution in [3.05, 3.63) is 103 Å². The molecule has 6 nitrogen and oxygen atoms in total. The highest BCUT2D eigenvalue weighted by atomic mass is 19.4. The Bertz CT molecular complexity index is 1290. The number of carbonyl (C=O) groups is 1. The Kier molecular flexibility index (Phi) is 8.71. The number of aliphatic hydroxyl groups is 1. The van der Waals surface area contributed by atoms with Crippen LogP contribution in [0.15, 0.2) is 96.5 Å². The molecule has 0 saturated carbocycles. The SMILES string of the molecule is C=CC[C@@]1(C(=O)NCC(F)(F)F)N=C(c2ccc(OCCCO)cc2)O[C@@H]1c1ccc(-c2ccccc2)cc1. The Labute approximate surface area is 224 Å². The summed E-state index contributed by atoms with van der Waals surface area (Å²) in [4.78, 5) is 18.0. The first kappa shape index (κ1) is 27.9. The van der Waals surface area contributed by atoms with Crippen LogP contribution in [0.1, 0.15) is 30.1 Å². The van der Waals surface area contributed by atoms with Gasteiger partial charge in [0.05, 0.1) is 6.61 Å². The minimum Gasteiger partial charge on any atom is -0.494 e. The topological polar surface area (TPSA) is 80.2 Å². The number of nitrogens with one attached hydrogen (secondary N) is 1. The van der Waals surface area contributed by atoms with E-state index in [2.05, 4.69) is 11.6 Å². The molecule has 39 heavy (non-hydrogen) atoms. The van der Waals surface area contributed by atoms with Crippen LogP contribution in [-0.2, 0) is 9.53 Å². The van der Waals surface area contributed by atoms with Crippen LogP contribution in [0.3, 0.4) is 0 Å². The van der Waals surface area contributed by atoms with E-state index in [9.17, 15) is 18.0 Å². The van der Waals surface area contributed by atoms with Crippen LogP contribution < -0.4 is 10.1 Å². The van der Waals surface area contributed by atoms with Crippen molar-refractivity contribution in [2.45, 2.75) is 30.7 Å². The van der Waals surface area contributed by atoms with Crippen LogP contribution in [0.25, 0.3) is 11.1 Å². The van der Waals surface area contributed by atoms with Crippen LogP contribution in [-0.4, -0.2) is 48.4 Å². The smallest absolute Gasteiger partial charge is 0.405 e. The summed E-state index contributed by atoms with van der Waals surface area (Å²) in [5.41, 5.74) is 1.35. The number of alkyl halides is 3. The molecule has 0 saturated heterocycles. The minimum absolute atomic E-state index is 0.0121. The average molecular weight is 539 g/mol. The predicted octanol–water partition coefficient (Wildman–Crippen LogP) is 5.63. The molecule has 204 valence electrons. The van der Waals surface area contributed by atoms with E-state index in [4.69, 9.17) is 14.6 Å². The summed E-state index contributed by atoms with van der Waals surface area (Å²) in [6.07, 6.45) is -3.70. The molecule has 0 spiro atoms. The van der Waals surface area contributed by atoms with Gasteiger partial charge in [-0.25, -0.2) is 4.99 Å². The number of benzene rings is 3. The summed E-state index contributed by atoms with van der Waals surface area (Å²) in [5, 5.41) is 10.9. The molecule has 4 rings (SSSR count). The number of halogens is 3. The van der Waals surface area contributed by atoms with Gasteiger partial charge in [0.25, 0.3) is 5.91 Å². The first-order chi connectivity index (χ1) is 18.8. The number of ether oxygens (including phenoxy) is 2. The number of hydrogen-bond acceptors (Lipinski definition) is 5. The zero-order chi connectivity index (χ0) is 27.9. The maximum Gasteiger partial charge on any atom is 0.405 e. The van der Waals surface area contributed by atoms with Crippen LogP contribution in [0.2, 0.25) is 0 Å². The molecular formula is C30H29F3N2O4. The Balaban J connectivity index is 1.69. The van der Waals surface area contributed by atoms with Gasteiger partial charge < -0.3 is 19.9 Å². The third kappa shape index (κ3) is 6.67. The zero-order valence-corrected chi connectivity index (χ0v) is 21.2. The van der Waals surface area contributed by atoms with Gasteiger partial charge in [0.15, 0.2) is 11.6 Å². The van der Waals surface area contributed by atoms with E-state index in [1.54, 1.807) is 36.4 Å². The van der Waals surface area contributed by atoms with E-state index in [1.165, 1.54) is 6.08 Å². The summed E-state index contributed by atoms with van der Waals surface area (Å²) in [6, 6.07) is 23.8. The fourth-order valence-corrected chi connectivity index (χ4v) is 4.35. The van der Waals surface area contributed by atoms with Crippen LogP contribution in [0.5, 0.6) is 5.75 Å². The summed E-state index contributed by atoms with van der Waals surface area (Å²) in [5.74, 6) is -0.215. The molecular weight excluding hydrogens is 509 g/mol. The lowest BCUT2D eigenvalue weighted by molar-refractivity contribution is -0.143. The van der Waals surface area contributed by atoms with E-state index in [0.717, 1.165) is 11.1 Å². The summed E-state index contributed by atoms with van der Waals surface area (Å²) in [6.45, 7) is 2.59. The summed E-state index contributed by atoms with van der Waals surface area (Å²) >= 11 is 0. The first-order valence-electron chi connectivity index (χ1n) is 12.5. The van der Waals surface area contributed by atoms with E-state index in [0.29, 0.717) is 29.9 Å². The monoisotopic (exact) mass is 538 g/mol. The van der Waals surface area contributed by atoms with Gasteiger partial charge in [-0.1, -0.05) is 60.7 Å². The van der Waals surface area contributed by atoms with Crippen molar-refractivity contribution in [1.82, 2.24) is 5.32 Å². The van der Waals surface area contributed by atoms with E-state index in [-0.39, 0.29) is 18.9 Å². The van der Waals surface area contributed by atoms with Crippen LogP contribution >= 0.6 is 0 Å². The Morgan fingerprint density at radius 1 is 1.03 bits per heavy atom. The third-order valence-corrected chi connectivity index (χ3v) is 6.26. The second-order valence-corrected chi connectivity index (χ2v) is 9.07. The molecule has 3 aromatic carbocycles. The van der Waals surface area contributed by atoms with Gasteiger partial charge in [-0.2, -0.15) is 13.2 Å². The third-order valence-electron chi connectivity index (χ3n) is 6.26. The van der Waals surface area contributed by atoms with Crippen molar-refractivity contribution >= 4 is 11.8 Å². The predicted molar refractivity (Wildman–Crippen MR) is 142 cm³/mol. The number of amides is 1. The fourth-order valence-electron chi connectivity index (χ4n) is 4.35. The highest BCUT2D eigenvalue weighted by molar-refractivity contribution is 6.01. The van der Waals surface area contributed by atoms with Crippen LogP contribution in [0, 0.1) is 0 Å². The first-order valence-corrected chi connectivity index (χ1v) is 12.5. The molecule has 1 aliphatic rings. The molecule has 0 bridgehead atoms. The minimum atomic E-state index is -4.59. The van der Waals surface area contributed by atoms with Gasteiger partial charge in [0.2, 0.25) is 5.90 Å². The van der Waals surface area contributed by atoms with Gasteiger partial charge in [-0.05, 0) is 41.0 Å². The lowest BCUT2D eigenvalue weighted by atomic mass is 9.84. The molecule has 1 aliphatic heterocycles. The molecule has 0 radical (unpaired) electrons. The van der Waals surface area contributed by atoms with Crippen molar-refractivity contribution in [3.63, 3.8) is 0 Å². The number of aliphatic imine (C=N–C) groups is 1. The summed E-state index contributed by atoms with van der Waals surface area (Å²) in [7, 11) is 0. The maximum atomic E-state index is 13.4. The lowest BCUT2D eigenvalue weighted by Crippen LogP contribution is -2.50. The number of nitrogens with zero attached hydrogens (tertiary/aromatic N) is 1. The molecule has 9 heteroatoms. The quantitative estimate of drug-likeness (QED) is 0.245. The molecule has 2 atom stereocenters. The largest absolute Gasteiger partial charge is 0.494 e. The van der Waals surface area contributed by atoms with Gasteiger partial charge in [-0.15, -0.1) is 6.58 Å². The van der Waals surface area contributed by atoms with Gasteiger partial charge >= 0.3 is 6.18 Å². The van der Waals surface area contributed by atoms with Gasteiger partial charge in [0.1, 0.15) is 12.3 Å². The second kappa shape index (κ2) is 12.2. The normalized spacial score (nSPS) is 18.7. The molecule has 0 unspecified atom stereocenters. The van der Waals surface area contributed by atoms with Crippen molar-refractivity contribution < 1.29 is 32.5 Å². The summed E-state index contributed by atoms with van der Waals surface area (Å²) < 4.78 is 50.8. The molecule has 0 aromatic heterocycles. The number of carbonyl (C=O) groups excluding carboxylic acids is 1. The standard InChI is InChI=1S/C30H29F3N2O4/c1-2-17-29(28(37)34-20-30(31,32)33)26(23-11-9-22(10-12-23)21-7-4-3-5-8-21)39-27(35-29)24-13-15-25(16-14-24)38-19-6-18-36/h2-5,7-16,26,36H,1,6,17-20H2,(H,34,37)/t26-,29-/m1/s1. The van der Waals surface area contributed by atoms with Crippen molar-refractivity contribution in [1.29, 1.82) is 0 Å². The zero-order valence-electron chi connectivity index (χ0n) is 21.2. The second-order valence-electron chi connectivity index (χ2n) is 9.07. The van der Waals surface area contributed by atoms with Crippen LogP contribution in [0.4, 0.5) is 13.2 Å². The number of aliphatic hydroxyl groups excluding tert-OH is 1. The molecule has 3 aromatic rings.